The maximum absolute atomic E-state index is 12.4. The fourth-order valence-electron chi connectivity index (χ4n) is 2.63. The molecule has 1 heterocycles. The van der Waals surface area contributed by atoms with E-state index in [-0.39, 0.29) is 11.4 Å². The van der Waals surface area contributed by atoms with Gasteiger partial charge in [0.25, 0.3) is 11.6 Å². The second kappa shape index (κ2) is 9.46. The van der Waals surface area contributed by atoms with Gasteiger partial charge in [-0.2, -0.15) is 10.2 Å². The molecule has 9 heteroatoms. The minimum Gasteiger partial charge on any atom is -0.494 e. The number of hydrogen-bond donors (Lipinski definition) is 2. The number of amides is 1. The molecule has 0 atom stereocenters. The Hall–Kier alpha value is -4.01. The molecule has 0 aliphatic rings. The van der Waals surface area contributed by atoms with E-state index in [9.17, 15) is 14.9 Å². The Labute approximate surface area is 172 Å². The molecule has 3 aromatic rings. The molecule has 154 valence electrons. The van der Waals surface area contributed by atoms with Crippen LogP contribution in [0.15, 0.2) is 59.7 Å². The number of nitro groups is 1. The first kappa shape index (κ1) is 20.7. The molecule has 0 unspecified atom stereocenters. The predicted molar refractivity (Wildman–Crippen MR) is 113 cm³/mol. The van der Waals surface area contributed by atoms with E-state index in [1.165, 1.54) is 12.1 Å². The van der Waals surface area contributed by atoms with Crippen LogP contribution in [0.4, 0.5) is 5.69 Å². The van der Waals surface area contributed by atoms with Gasteiger partial charge >= 0.3 is 0 Å². The molecule has 2 N–H and O–H groups in total. The zero-order valence-corrected chi connectivity index (χ0v) is 16.6. The average Bonchev–Trinajstić information content (AvgIpc) is 3.26. The zero-order chi connectivity index (χ0) is 21.5. The molecule has 0 saturated carbocycles. The number of carbonyl (C=O) groups excluding carboxylic acids is 1. The van der Waals surface area contributed by atoms with Crippen molar-refractivity contribution < 1.29 is 14.5 Å². The van der Waals surface area contributed by atoms with Crippen molar-refractivity contribution in [1.29, 1.82) is 0 Å². The van der Waals surface area contributed by atoms with Crippen LogP contribution in [0, 0.1) is 10.1 Å². The lowest BCUT2D eigenvalue weighted by atomic mass is 10.1. The summed E-state index contributed by atoms with van der Waals surface area (Å²) in [5.41, 5.74) is 5.06. The SMILES string of the molecule is CCCOc1ccc(-c2cc(C(=O)NN=C(C)c3cccc([N+](=O)[O-])c3)[nH]n2)cc1. The van der Waals surface area contributed by atoms with Crippen LogP contribution in [0.1, 0.15) is 36.3 Å². The highest BCUT2D eigenvalue weighted by molar-refractivity contribution is 6.01. The Morgan fingerprint density at radius 2 is 2.00 bits per heavy atom. The number of nitrogens with zero attached hydrogens (tertiary/aromatic N) is 3. The van der Waals surface area contributed by atoms with Crippen molar-refractivity contribution in [3.05, 3.63) is 76.0 Å². The first-order chi connectivity index (χ1) is 14.5. The maximum Gasteiger partial charge on any atom is 0.289 e. The van der Waals surface area contributed by atoms with Gasteiger partial charge in [-0.05, 0) is 43.7 Å². The molecule has 2 aromatic carbocycles. The summed E-state index contributed by atoms with van der Waals surface area (Å²) in [5.74, 6) is 0.307. The van der Waals surface area contributed by atoms with Crippen LogP contribution in [0.2, 0.25) is 0 Å². The molecular weight excluding hydrogens is 386 g/mol. The number of rotatable bonds is 8. The lowest BCUT2D eigenvalue weighted by Crippen LogP contribution is -2.19. The fraction of sp³-hybridized carbons (Fsp3) is 0.190. The van der Waals surface area contributed by atoms with Crippen molar-refractivity contribution in [3.63, 3.8) is 0 Å². The van der Waals surface area contributed by atoms with E-state index in [0.29, 0.717) is 23.6 Å². The van der Waals surface area contributed by atoms with Gasteiger partial charge in [-0.15, -0.1) is 0 Å². The third-order valence-corrected chi connectivity index (χ3v) is 4.25. The van der Waals surface area contributed by atoms with Gasteiger partial charge in [0.15, 0.2) is 0 Å². The quantitative estimate of drug-likeness (QED) is 0.333. The first-order valence-electron chi connectivity index (χ1n) is 9.36. The molecule has 9 nitrogen and oxygen atoms in total. The van der Waals surface area contributed by atoms with Gasteiger partial charge in [-0.3, -0.25) is 20.0 Å². The summed E-state index contributed by atoms with van der Waals surface area (Å²) in [6, 6.07) is 15.1. The third kappa shape index (κ3) is 5.07. The van der Waals surface area contributed by atoms with Crippen LogP contribution in [0.5, 0.6) is 5.75 Å². The van der Waals surface area contributed by atoms with Crippen molar-refractivity contribution in [2.75, 3.05) is 6.61 Å². The van der Waals surface area contributed by atoms with Gasteiger partial charge in [-0.25, -0.2) is 5.43 Å². The molecule has 1 amide bonds. The molecule has 0 aliphatic heterocycles. The summed E-state index contributed by atoms with van der Waals surface area (Å²) in [7, 11) is 0. The maximum atomic E-state index is 12.4. The van der Waals surface area contributed by atoms with Crippen molar-refractivity contribution in [2.45, 2.75) is 20.3 Å². The van der Waals surface area contributed by atoms with Gasteiger partial charge in [-0.1, -0.05) is 19.1 Å². The predicted octanol–water partition coefficient (Wildman–Crippen LogP) is 3.93. The second-order valence-electron chi connectivity index (χ2n) is 6.49. The Morgan fingerprint density at radius 3 is 2.70 bits per heavy atom. The highest BCUT2D eigenvalue weighted by Crippen LogP contribution is 2.21. The van der Waals surface area contributed by atoms with E-state index in [1.54, 1.807) is 25.1 Å². The molecule has 0 fully saturated rings. The van der Waals surface area contributed by atoms with Crippen molar-refractivity contribution in [2.24, 2.45) is 5.10 Å². The Balaban J connectivity index is 1.67. The average molecular weight is 407 g/mol. The minimum absolute atomic E-state index is 0.0438. The number of aromatic nitrogens is 2. The van der Waals surface area contributed by atoms with E-state index in [1.807, 2.05) is 31.2 Å². The highest BCUT2D eigenvalue weighted by Gasteiger charge is 2.12. The number of hydrogen-bond acceptors (Lipinski definition) is 6. The molecular formula is C21H21N5O4. The molecule has 0 radical (unpaired) electrons. The molecule has 0 spiro atoms. The van der Waals surface area contributed by atoms with Crippen LogP contribution in [-0.2, 0) is 0 Å². The summed E-state index contributed by atoms with van der Waals surface area (Å²) in [5, 5.41) is 21.8. The van der Waals surface area contributed by atoms with Crippen molar-refractivity contribution >= 4 is 17.3 Å². The van der Waals surface area contributed by atoms with E-state index in [4.69, 9.17) is 4.74 Å². The topological polar surface area (TPSA) is 123 Å². The monoisotopic (exact) mass is 407 g/mol. The van der Waals surface area contributed by atoms with Gasteiger partial charge in [0.1, 0.15) is 11.4 Å². The normalized spacial score (nSPS) is 11.2. The summed E-state index contributed by atoms with van der Waals surface area (Å²) in [4.78, 5) is 22.8. The summed E-state index contributed by atoms with van der Waals surface area (Å²) < 4.78 is 5.56. The largest absolute Gasteiger partial charge is 0.494 e. The smallest absolute Gasteiger partial charge is 0.289 e. The molecule has 3 rings (SSSR count). The minimum atomic E-state index is -0.482. The number of H-pyrrole nitrogens is 1. The Morgan fingerprint density at radius 1 is 1.23 bits per heavy atom. The summed E-state index contributed by atoms with van der Waals surface area (Å²) in [6.45, 7) is 4.35. The highest BCUT2D eigenvalue weighted by atomic mass is 16.6. The van der Waals surface area contributed by atoms with Gasteiger partial charge in [0.05, 0.1) is 22.9 Å². The number of nitrogens with one attached hydrogen (secondary N) is 2. The number of nitro benzene ring substituents is 1. The second-order valence-corrected chi connectivity index (χ2v) is 6.49. The van der Waals surface area contributed by atoms with E-state index in [0.717, 1.165) is 17.7 Å². The number of non-ortho nitro benzene ring substituents is 1. The Bertz CT molecular complexity index is 1070. The van der Waals surface area contributed by atoms with Crippen LogP contribution >= 0.6 is 0 Å². The van der Waals surface area contributed by atoms with Crippen LogP contribution in [0.3, 0.4) is 0 Å². The standard InChI is InChI=1S/C21H21N5O4/c1-3-11-30-18-9-7-15(8-10-18)19-13-20(24-23-19)21(27)25-22-14(2)16-5-4-6-17(12-16)26(28)29/h4-10,12-13H,3,11H2,1-2H3,(H,23,24)(H,25,27). The van der Waals surface area contributed by atoms with Gasteiger partial charge < -0.3 is 4.74 Å². The number of ether oxygens (including phenoxy) is 1. The van der Waals surface area contributed by atoms with E-state index < -0.39 is 10.8 Å². The molecule has 1 aromatic heterocycles. The van der Waals surface area contributed by atoms with Gasteiger partial charge in [0.2, 0.25) is 0 Å². The number of aromatic amines is 1. The van der Waals surface area contributed by atoms with Crippen molar-refractivity contribution in [1.82, 2.24) is 15.6 Å². The Kier molecular flexibility index (Phi) is 6.53. The zero-order valence-electron chi connectivity index (χ0n) is 16.6. The van der Waals surface area contributed by atoms with Crippen molar-refractivity contribution in [3.8, 4) is 17.0 Å². The third-order valence-electron chi connectivity index (χ3n) is 4.25. The number of hydrazone groups is 1. The number of benzene rings is 2. The molecule has 30 heavy (non-hydrogen) atoms. The van der Waals surface area contributed by atoms with Gasteiger partial charge in [0, 0.05) is 23.3 Å². The first-order valence-corrected chi connectivity index (χ1v) is 9.36. The van der Waals surface area contributed by atoms with Crippen LogP contribution in [0.25, 0.3) is 11.3 Å². The van der Waals surface area contributed by atoms with E-state index in [2.05, 4.69) is 20.7 Å². The van der Waals surface area contributed by atoms with Crippen LogP contribution in [-0.4, -0.2) is 33.3 Å². The fourth-order valence-corrected chi connectivity index (χ4v) is 2.63. The molecule has 0 saturated heterocycles. The lowest BCUT2D eigenvalue weighted by Gasteiger charge is -2.04. The van der Waals surface area contributed by atoms with E-state index >= 15 is 0 Å². The lowest BCUT2D eigenvalue weighted by molar-refractivity contribution is -0.384. The number of carbonyl (C=O) groups is 1. The molecule has 0 aliphatic carbocycles. The molecule has 0 bridgehead atoms. The summed E-state index contributed by atoms with van der Waals surface area (Å²) >= 11 is 0. The summed E-state index contributed by atoms with van der Waals surface area (Å²) in [6.07, 6.45) is 0.933. The van der Waals surface area contributed by atoms with Crippen LogP contribution < -0.4 is 10.2 Å².